The van der Waals surface area contributed by atoms with Gasteiger partial charge in [0.2, 0.25) is 5.95 Å². The van der Waals surface area contributed by atoms with E-state index in [1.807, 2.05) is 6.07 Å². The highest BCUT2D eigenvalue weighted by molar-refractivity contribution is 7.09. The topological polar surface area (TPSA) is 83.8 Å². The van der Waals surface area contributed by atoms with Gasteiger partial charge < -0.3 is 11.1 Å². The molecule has 0 bridgehead atoms. The summed E-state index contributed by atoms with van der Waals surface area (Å²) in [4.78, 5) is 20.4. The number of hydrogen-bond acceptors (Lipinski definition) is 5. The second-order valence-corrected chi connectivity index (χ2v) is 5.48. The molecule has 0 amide bonds. The molecule has 3 rings (SSSR count). The molecular formula is C14H14N4OS. The van der Waals surface area contributed by atoms with E-state index in [2.05, 4.69) is 26.7 Å². The molecule has 2 heterocycles. The minimum absolute atomic E-state index is 0.180. The van der Waals surface area contributed by atoms with Crippen LogP contribution >= 0.6 is 11.3 Å². The number of nitrogens with two attached hydrogens (primary N) is 1. The molecule has 0 aliphatic rings. The van der Waals surface area contributed by atoms with Crippen LogP contribution in [-0.2, 0) is 6.42 Å². The molecule has 4 N–H and O–H groups in total. The fourth-order valence-corrected chi connectivity index (χ4v) is 2.71. The van der Waals surface area contributed by atoms with E-state index in [-0.39, 0.29) is 5.56 Å². The van der Waals surface area contributed by atoms with E-state index in [1.54, 1.807) is 29.5 Å². The van der Waals surface area contributed by atoms with E-state index < -0.39 is 0 Å². The average molecular weight is 286 g/mol. The first kappa shape index (κ1) is 12.7. The molecular weight excluding hydrogens is 272 g/mol. The molecule has 20 heavy (non-hydrogen) atoms. The van der Waals surface area contributed by atoms with Crippen molar-refractivity contribution in [1.82, 2.24) is 9.97 Å². The molecule has 0 radical (unpaired) electrons. The van der Waals surface area contributed by atoms with Crippen LogP contribution in [0.1, 0.15) is 4.88 Å². The lowest BCUT2D eigenvalue weighted by Gasteiger charge is -2.06. The molecule has 0 saturated heterocycles. The largest absolute Gasteiger partial charge is 0.399 e. The number of rotatable bonds is 4. The summed E-state index contributed by atoms with van der Waals surface area (Å²) in [6.07, 6.45) is 0.904. The Morgan fingerprint density at radius 2 is 2.25 bits per heavy atom. The van der Waals surface area contributed by atoms with Crippen LogP contribution in [0.4, 0.5) is 11.6 Å². The number of aromatic amines is 1. The van der Waals surface area contributed by atoms with Crippen molar-refractivity contribution < 1.29 is 0 Å². The zero-order valence-electron chi connectivity index (χ0n) is 10.7. The van der Waals surface area contributed by atoms with E-state index in [1.165, 1.54) is 4.88 Å². The molecule has 6 heteroatoms. The normalized spacial score (nSPS) is 10.8. The monoisotopic (exact) mass is 286 g/mol. The fourth-order valence-electron chi connectivity index (χ4n) is 2.00. The molecule has 0 unspecified atom stereocenters. The smallest absolute Gasteiger partial charge is 0.260 e. The van der Waals surface area contributed by atoms with Gasteiger partial charge in [0.25, 0.3) is 5.56 Å². The predicted molar refractivity (Wildman–Crippen MR) is 83.3 cm³/mol. The van der Waals surface area contributed by atoms with Gasteiger partial charge in [-0.1, -0.05) is 6.07 Å². The van der Waals surface area contributed by atoms with Gasteiger partial charge in [0.1, 0.15) is 0 Å². The number of nitrogens with zero attached hydrogens (tertiary/aromatic N) is 1. The first-order valence-electron chi connectivity index (χ1n) is 6.28. The van der Waals surface area contributed by atoms with Crippen LogP contribution in [0, 0.1) is 0 Å². The van der Waals surface area contributed by atoms with Crippen molar-refractivity contribution in [1.29, 1.82) is 0 Å². The predicted octanol–water partition coefficient (Wildman–Crippen LogP) is 2.22. The molecule has 0 aliphatic carbocycles. The van der Waals surface area contributed by atoms with Crippen molar-refractivity contribution >= 4 is 33.9 Å². The minimum Gasteiger partial charge on any atom is -0.399 e. The third kappa shape index (κ3) is 2.65. The summed E-state index contributed by atoms with van der Waals surface area (Å²) < 4.78 is 0. The summed E-state index contributed by atoms with van der Waals surface area (Å²) in [5.41, 5.74) is 6.69. The molecule has 0 aliphatic heterocycles. The summed E-state index contributed by atoms with van der Waals surface area (Å²) in [7, 11) is 0. The number of fused-ring (bicyclic) bond motifs is 1. The van der Waals surface area contributed by atoms with Gasteiger partial charge in [-0.05, 0) is 36.1 Å². The van der Waals surface area contributed by atoms with Crippen molar-refractivity contribution in [2.45, 2.75) is 6.42 Å². The third-order valence-electron chi connectivity index (χ3n) is 2.97. The average Bonchev–Trinajstić information content (AvgIpc) is 2.93. The lowest BCUT2D eigenvalue weighted by molar-refractivity contribution is 1.00. The maximum Gasteiger partial charge on any atom is 0.260 e. The van der Waals surface area contributed by atoms with Crippen LogP contribution in [0.2, 0.25) is 0 Å². The summed E-state index contributed by atoms with van der Waals surface area (Å²) in [5, 5.41) is 5.70. The van der Waals surface area contributed by atoms with E-state index >= 15 is 0 Å². The van der Waals surface area contributed by atoms with Crippen LogP contribution < -0.4 is 16.6 Å². The standard InChI is InChI=1S/C14H14N4OS/c15-9-3-4-12-11(8-9)13(19)18-14(17-12)16-6-5-10-2-1-7-20-10/h1-4,7-8H,5-6,15H2,(H2,16,17,18,19). The number of anilines is 2. The van der Waals surface area contributed by atoms with Crippen LogP contribution in [0.3, 0.4) is 0 Å². The second-order valence-electron chi connectivity index (χ2n) is 4.45. The summed E-state index contributed by atoms with van der Waals surface area (Å²) >= 11 is 1.72. The molecule has 3 aromatic rings. The van der Waals surface area contributed by atoms with Gasteiger partial charge in [0.15, 0.2) is 0 Å². The molecule has 0 saturated carbocycles. The number of hydrogen-bond donors (Lipinski definition) is 3. The fraction of sp³-hybridized carbons (Fsp3) is 0.143. The number of thiophene rings is 1. The van der Waals surface area contributed by atoms with Gasteiger partial charge in [-0.25, -0.2) is 4.98 Å². The minimum atomic E-state index is -0.180. The lowest BCUT2D eigenvalue weighted by Crippen LogP contribution is -2.14. The van der Waals surface area contributed by atoms with Crippen LogP contribution in [0.15, 0.2) is 40.5 Å². The number of nitrogen functional groups attached to an aromatic ring is 1. The van der Waals surface area contributed by atoms with Gasteiger partial charge in [-0.15, -0.1) is 11.3 Å². The van der Waals surface area contributed by atoms with Crippen molar-refractivity contribution in [3.8, 4) is 0 Å². The Kier molecular flexibility index (Phi) is 3.39. The number of nitrogens with one attached hydrogen (secondary N) is 2. The van der Waals surface area contributed by atoms with Crippen molar-refractivity contribution in [2.75, 3.05) is 17.6 Å². The molecule has 0 fully saturated rings. The van der Waals surface area contributed by atoms with Crippen LogP contribution in [-0.4, -0.2) is 16.5 Å². The van der Waals surface area contributed by atoms with Gasteiger partial charge in [-0.2, -0.15) is 0 Å². The molecule has 0 atom stereocenters. The maximum atomic E-state index is 12.0. The van der Waals surface area contributed by atoms with E-state index in [0.717, 1.165) is 13.0 Å². The van der Waals surface area contributed by atoms with Crippen molar-refractivity contribution in [3.63, 3.8) is 0 Å². The first-order valence-corrected chi connectivity index (χ1v) is 7.16. The van der Waals surface area contributed by atoms with E-state index in [4.69, 9.17) is 5.73 Å². The Balaban J connectivity index is 1.78. The maximum absolute atomic E-state index is 12.0. The Morgan fingerprint density at radius 3 is 3.05 bits per heavy atom. The van der Waals surface area contributed by atoms with Crippen molar-refractivity contribution in [3.05, 3.63) is 50.9 Å². The zero-order chi connectivity index (χ0) is 13.9. The van der Waals surface area contributed by atoms with E-state index in [0.29, 0.717) is 22.5 Å². The summed E-state index contributed by atoms with van der Waals surface area (Å²) in [5.74, 6) is 0.490. The number of aromatic nitrogens is 2. The molecule has 0 spiro atoms. The molecule has 102 valence electrons. The Labute approximate surface area is 119 Å². The first-order chi connectivity index (χ1) is 9.72. The Hall–Kier alpha value is -2.34. The quantitative estimate of drug-likeness (QED) is 0.642. The van der Waals surface area contributed by atoms with Gasteiger partial charge in [0, 0.05) is 17.1 Å². The second kappa shape index (κ2) is 5.34. The number of H-pyrrole nitrogens is 1. The molecule has 2 aromatic heterocycles. The summed E-state index contributed by atoms with van der Waals surface area (Å²) in [6.45, 7) is 0.726. The van der Waals surface area contributed by atoms with Gasteiger partial charge >= 0.3 is 0 Å². The SMILES string of the molecule is Nc1ccc2nc(NCCc3cccs3)[nH]c(=O)c2c1. The van der Waals surface area contributed by atoms with Gasteiger partial charge in [-0.3, -0.25) is 9.78 Å². The lowest BCUT2D eigenvalue weighted by atomic mass is 10.2. The zero-order valence-corrected chi connectivity index (χ0v) is 11.5. The summed E-state index contributed by atoms with van der Waals surface area (Å²) in [6, 6.07) is 9.25. The highest BCUT2D eigenvalue weighted by atomic mass is 32.1. The highest BCUT2D eigenvalue weighted by Gasteiger charge is 2.04. The van der Waals surface area contributed by atoms with E-state index in [9.17, 15) is 4.79 Å². The molecule has 5 nitrogen and oxygen atoms in total. The van der Waals surface area contributed by atoms with Crippen LogP contribution in [0.25, 0.3) is 10.9 Å². The van der Waals surface area contributed by atoms with Gasteiger partial charge in [0.05, 0.1) is 10.9 Å². The molecule has 1 aromatic carbocycles. The third-order valence-corrected chi connectivity index (χ3v) is 3.91. The Morgan fingerprint density at radius 1 is 1.35 bits per heavy atom. The highest BCUT2D eigenvalue weighted by Crippen LogP contribution is 2.13. The Bertz CT molecular complexity index is 779. The van der Waals surface area contributed by atoms with Crippen molar-refractivity contribution in [2.24, 2.45) is 0 Å². The van der Waals surface area contributed by atoms with Crippen LogP contribution in [0.5, 0.6) is 0 Å². The number of benzene rings is 1.